The molecule has 1 fully saturated rings. The number of amides is 1. The van der Waals surface area contributed by atoms with Crippen LogP contribution >= 0.6 is 0 Å². The number of halogens is 1. The summed E-state index contributed by atoms with van der Waals surface area (Å²) in [6.07, 6.45) is 3.55. The third-order valence-electron chi connectivity index (χ3n) is 5.31. The van der Waals surface area contributed by atoms with Crippen LogP contribution < -0.4 is 9.80 Å². The number of carbonyl (C=O) groups excluding carboxylic acids is 1. The van der Waals surface area contributed by atoms with Crippen LogP contribution in [0.4, 0.5) is 10.1 Å². The molecule has 4 heteroatoms. The zero-order chi connectivity index (χ0) is 18.4. The van der Waals surface area contributed by atoms with Crippen molar-refractivity contribution in [2.75, 3.05) is 24.5 Å². The lowest BCUT2D eigenvalue weighted by Crippen LogP contribution is -3.13. The van der Waals surface area contributed by atoms with Gasteiger partial charge in [-0.3, -0.25) is 4.79 Å². The van der Waals surface area contributed by atoms with E-state index in [1.54, 1.807) is 17.0 Å². The third-order valence-corrected chi connectivity index (χ3v) is 5.31. The third kappa shape index (κ3) is 4.70. The standard InChI is InChI=1S/C22H27FN2O/c1-2-22(26)25(20-10-8-19(23)9-11-20)21-13-16-24(17-14-21)15-12-18-6-4-3-5-7-18/h3-11,21H,2,12-17H2,1H3/p+1. The van der Waals surface area contributed by atoms with Gasteiger partial charge in [0.1, 0.15) is 5.82 Å². The zero-order valence-electron chi connectivity index (χ0n) is 15.5. The van der Waals surface area contributed by atoms with E-state index in [9.17, 15) is 9.18 Å². The van der Waals surface area contributed by atoms with Crippen molar-refractivity contribution in [1.82, 2.24) is 0 Å². The molecule has 1 heterocycles. The van der Waals surface area contributed by atoms with Crippen molar-refractivity contribution < 1.29 is 14.1 Å². The molecule has 1 amide bonds. The quantitative estimate of drug-likeness (QED) is 0.847. The Labute approximate surface area is 155 Å². The number of anilines is 1. The Morgan fingerprint density at radius 3 is 2.35 bits per heavy atom. The number of nitrogens with one attached hydrogen (secondary N) is 1. The Bertz CT molecular complexity index is 694. The van der Waals surface area contributed by atoms with E-state index < -0.39 is 0 Å². The summed E-state index contributed by atoms with van der Waals surface area (Å²) in [5.74, 6) is -0.146. The highest BCUT2D eigenvalue weighted by atomic mass is 19.1. The fraction of sp³-hybridized carbons (Fsp3) is 0.409. The highest BCUT2D eigenvalue weighted by Crippen LogP contribution is 2.22. The molecule has 0 aliphatic carbocycles. The van der Waals surface area contributed by atoms with Gasteiger partial charge in [-0.15, -0.1) is 0 Å². The Morgan fingerprint density at radius 1 is 1.08 bits per heavy atom. The number of hydrogen-bond acceptors (Lipinski definition) is 1. The molecule has 2 aromatic rings. The maximum absolute atomic E-state index is 13.2. The monoisotopic (exact) mass is 355 g/mol. The number of rotatable bonds is 6. The molecule has 138 valence electrons. The van der Waals surface area contributed by atoms with Gasteiger partial charge in [0.05, 0.1) is 19.6 Å². The van der Waals surface area contributed by atoms with Crippen LogP contribution in [-0.2, 0) is 11.2 Å². The highest BCUT2D eigenvalue weighted by molar-refractivity contribution is 5.93. The van der Waals surface area contributed by atoms with Crippen molar-refractivity contribution in [2.24, 2.45) is 0 Å². The maximum atomic E-state index is 13.2. The molecule has 0 radical (unpaired) electrons. The van der Waals surface area contributed by atoms with Crippen molar-refractivity contribution in [3.63, 3.8) is 0 Å². The number of hydrogen-bond donors (Lipinski definition) is 1. The molecule has 3 rings (SSSR count). The Hall–Kier alpha value is -2.20. The molecule has 0 saturated carbocycles. The Kier molecular flexibility index (Phi) is 6.40. The van der Waals surface area contributed by atoms with Crippen molar-refractivity contribution in [3.05, 3.63) is 66.0 Å². The summed E-state index contributed by atoms with van der Waals surface area (Å²) >= 11 is 0. The first kappa shape index (κ1) is 18.6. The molecule has 0 spiro atoms. The summed E-state index contributed by atoms with van der Waals surface area (Å²) in [6.45, 7) is 5.17. The van der Waals surface area contributed by atoms with Gasteiger partial charge in [-0.2, -0.15) is 0 Å². The van der Waals surface area contributed by atoms with Crippen LogP contribution in [0.2, 0.25) is 0 Å². The van der Waals surface area contributed by atoms with Crippen molar-refractivity contribution in [2.45, 2.75) is 38.6 Å². The first-order valence-electron chi connectivity index (χ1n) is 9.62. The molecular formula is C22H28FN2O+. The van der Waals surface area contributed by atoms with Crippen LogP contribution in [0.5, 0.6) is 0 Å². The topological polar surface area (TPSA) is 24.8 Å². The van der Waals surface area contributed by atoms with E-state index in [0.717, 1.165) is 44.6 Å². The minimum atomic E-state index is -0.266. The molecule has 0 aromatic heterocycles. The fourth-order valence-electron chi connectivity index (χ4n) is 3.82. The lowest BCUT2D eigenvalue weighted by atomic mass is 10.0. The average molecular weight is 355 g/mol. The highest BCUT2D eigenvalue weighted by Gasteiger charge is 2.30. The van der Waals surface area contributed by atoms with Gasteiger partial charge < -0.3 is 9.80 Å². The van der Waals surface area contributed by atoms with E-state index in [-0.39, 0.29) is 17.8 Å². The SMILES string of the molecule is CCC(=O)N(c1ccc(F)cc1)C1CC[NH+](CCc2ccccc2)CC1. The van der Waals surface area contributed by atoms with E-state index in [4.69, 9.17) is 0 Å². The molecule has 1 N–H and O–H groups in total. The van der Waals surface area contributed by atoms with Gasteiger partial charge >= 0.3 is 0 Å². The average Bonchev–Trinajstić information content (AvgIpc) is 2.69. The molecule has 0 bridgehead atoms. The zero-order valence-corrected chi connectivity index (χ0v) is 15.5. The normalized spacial score (nSPS) is 19.9. The molecule has 1 saturated heterocycles. The van der Waals surface area contributed by atoms with Gasteiger partial charge in [-0.25, -0.2) is 4.39 Å². The summed E-state index contributed by atoms with van der Waals surface area (Å²) < 4.78 is 13.2. The van der Waals surface area contributed by atoms with E-state index >= 15 is 0 Å². The van der Waals surface area contributed by atoms with Gasteiger partial charge in [0, 0.05) is 37.4 Å². The molecule has 26 heavy (non-hydrogen) atoms. The van der Waals surface area contributed by atoms with Gasteiger partial charge in [0.25, 0.3) is 0 Å². The molecule has 1 aliphatic rings. The first-order valence-corrected chi connectivity index (χ1v) is 9.62. The number of benzene rings is 2. The number of quaternary nitrogens is 1. The van der Waals surface area contributed by atoms with Crippen LogP contribution in [-0.4, -0.2) is 31.6 Å². The minimum Gasteiger partial charge on any atom is -0.335 e. The number of carbonyl (C=O) groups is 1. The van der Waals surface area contributed by atoms with Crippen LogP contribution in [0.1, 0.15) is 31.7 Å². The second kappa shape index (κ2) is 8.95. The summed E-state index contributed by atoms with van der Waals surface area (Å²) in [5, 5.41) is 0. The minimum absolute atomic E-state index is 0.120. The summed E-state index contributed by atoms with van der Waals surface area (Å²) in [5.41, 5.74) is 2.20. The Morgan fingerprint density at radius 2 is 1.73 bits per heavy atom. The second-order valence-corrected chi connectivity index (χ2v) is 7.06. The maximum Gasteiger partial charge on any atom is 0.226 e. The number of piperidine rings is 1. The van der Waals surface area contributed by atoms with Gasteiger partial charge in [-0.1, -0.05) is 37.3 Å². The van der Waals surface area contributed by atoms with Gasteiger partial charge in [0.15, 0.2) is 0 Å². The number of likely N-dealkylation sites (tertiary alicyclic amines) is 1. The van der Waals surface area contributed by atoms with Crippen molar-refractivity contribution in [3.8, 4) is 0 Å². The Balaban J connectivity index is 1.59. The van der Waals surface area contributed by atoms with Crippen LogP contribution in [0, 0.1) is 5.82 Å². The lowest BCUT2D eigenvalue weighted by Gasteiger charge is -2.37. The van der Waals surface area contributed by atoms with Crippen LogP contribution in [0.25, 0.3) is 0 Å². The number of nitrogens with zero attached hydrogens (tertiary/aromatic N) is 1. The van der Waals surface area contributed by atoms with E-state index in [2.05, 4.69) is 30.3 Å². The van der Waals surface area contributed by atoms with Crippen molar-refractivity contribution >= 4 is 11.6 Å². The van der Waals surface area contributed by atoms with Crippen molar-refractivity contribution in [1.29, 1.82) is 0 Å². The van der Waals surface area contributed by atoms with Gasteiger partial charge in [-0.05, 0) is 29.8 Å². The van der Waals surface area contributed by atoms with Crippen LogP contribution in [0.3, 0.4) is 0 Å². The molecule has 0 unspecified atom stereocenters. The van der Waals surface area contributed by atoms with Crippen LogP contribution in [0.15, 0.2) is 54.6 Å². The van der Waals surface area contributed by atoms with E-state index in [0.29, 0.717) is 6.42 Å². The summed E-state index contributed by atoms with van der Waals surface area (Å²) in [4.78, 5) is 16.0. The molecule has 3 nitrogen and oxygen atoms in total. The molecule has 1 aliphatic heterocycles. The lowest BCUT2D eigenvalue weighted by molar-refractivity contribution is -0.904. The molecule has 2 aromatic carbocycles. The largest absolute Gasteiger partial charge is 0.335 e. The summed E-state index contributed by atoms with van der Waals surface area (Å²) in [6, 6.07) is 17.1. The van der Waals surface area contributed by atoms with E-state index in [1.807, 2.05) is 11.8 Å². The fourth-order valence-corrected chi connectivity index (χ4v) is 3.82. The molecular weight excluding hydrogens is 327 g/mol. The van der Waals surface area contributed by atoms with Gasteiger partial charge in [0.2, 0.25) is 5.91 Å². The second-order valence-electron chi connectivity index (χ2n) is 7.06. The predicted molar refractivity (Wildman–Crippen MR) is 103 cm³/mol. The smallest absolute Gasteiger partial charge is 0.226 e. The predicted octanol–water partition coefficient (Wildman–Crippen LogP) is 2.86. The van der Waals surface area contributed by atoms with E-state index in [1.165, 1.54) is 17.7 Å². The first-order chi connectivity index (χ1) is 12.7. The summed E-state index contributed by atoms with van der Waals surface area (Å²) in [7, 11) is 0. The molecule has 0 atom stereocenters.